The average molecular weight is 320 g/mol. The first kappa shape index (κ1) is 15.5. The molecule has 3 fully saturated rings. The van der Waals surface area contributed by atoms with Crippen molar-refractivity contribution in [3.05, 3.63) is 35.6 Å². The number of ether oxygens (including phenoxy) is 2. The van der Waals surface area contributed by atoms with Crippen LogP contribution in [0.3, 0.4) is 0 Å². The maximum atomic E-state index is 13.9. The number of hydrogen-bond donors (Lipinski definition) is 0. The molecule has 0 bridgehead atoms. The van der Waals surface area contributed by atoms with Crippen molar-refractivity contribution < 1.29 is 13.9 Å². The monoisotopic (exact) mass is 320 g/mol. The lowest BCUT2D eigenvalue weighted by molar-refractivity contribution is -0.0615. The van der Waals surface area contributed by atoms with Crippen molar-refractivity contribution >= 4 is 0 Å². The van der Waals surface area contributed by atoms with Crippen LogP contribution in [-0.2, 0) is 16.0 Å². The fourth-order valence-electron chi connectivity index (χ4n) is 4.11. The normalized spacial score (nSPS) is 32.3. The van der Waals surface area contributed by atoms with Crippen LogP contribution < -0.4 is 0 Å². The highest BCUT2D eigenvalue weighted by Crippen LogP contribution is 2.26. The van der Waals surface area contributed by atoms with Gasteiger partial charge in [-0.05, 0) is 18.9 Å². The Balaban J connectivity index is 1.39. The van der Waals surface area contributed by atoms with Gasteiger partial charge in [0, 0.05) is 50.9 Å². The standard InChI is InChI=1S/C18H25FN2O2/c19-16-6-2-1-4-14(16)10-20-12-17-18(13-20)23-9-7-21(17)11-15-5-3-8-22-15/h1-2,4,6,15,17-18H,3,5,7-13H2/t15-,17+,18-/m0/s1. The van der Waals surface area contributed by atoms with Crippen LogP contribution in [0.5, 0.6) is 0 Å². The Labute approximate surface area is 137 Å². The van der Waals surface area contributed by atoms with E-state index < -0.39 is 0 Å². The van der Waals surface area contributed by atoms with Crippen LogP contribution in [-0.4, -0.2) is 67.4 Å². The van der Waals surface area contributed by atoms with Gasteiger partial charge in [-0.3, -0.25) is 9.80 Å². The Morgan fingerprint density at radius 2 is 2.04 bits per heavy atom. The highest BCUT2D eigenvalue weighted by Gasteiger charge is 2.40. The van der Waals surface area contributed by atoms with Crippen molar-refractivity contribution in [2.24, 2.45) is 0 Å². The molecule has 0 amide bonds. The third-order valence-corrected chi connectivity index (χ3v) is 5.31. The van der Waals surface area contributed by atoms with E-state index in [1.807, 2.05) is 12.1 Å². The van der Waals surface area contributed by atoms with Crippen LogP contribution >= 0.6 is 0 Å². The van der Waals surface area contributed by atoms with Gasteiger partial charge in [0.15, 0.2) is 0 Å². The highest BCUT2D eigenvalue weighted by molar-refractivity contribution is 5.17. The van der Waals surface area contributed by atoms with Crippen LogP contribution in [0.15, 0.2) is 24.3 Å². The molecule has 0 aromatic heterocycles. The summed E-state index contributed by atoms with van der Waals surface area (Å²) in [4.78, 5) is 4.85. The van der Waals surface area contributed by atoms with Gasteiger partial charge < -0.3 is 9.47 Å². The molecule has 0 spiro atoms. The van der Waals surface area contributed by atoms with E-state index in [4.69, 9.17) is 9.47 Å². The second-order valence-corrected chi connectivity index (χ2v) is 6.89. The Morgan fingerprint density at radius 1 is 1.13 bits per heavy atom. The van der Waals surface area contributed by atoms with Crippen molar-refractivity contribution in [1.82, 2.24) is 9.80 Å². The molecule has 0 unspecified atom stereocenters. The molecule has 0 aliphatic carbocycles. The van der Waals surface area contributed by atoms with Gasteiger partial charge in [0.05, 0.1) is 18.8 Å². The largest absolute Gasteiger partial charge is 0.377 e. The Morgan fingerprint density at radius 3 is 2.87 bits per heavy atom. The number of hydrogen-bond acceptors (Lipinski definition) is 4. The van der Waals surface area contributed by atoms with Gasteiger partial charge in [-0.25, -0.2) is 4.39 Å². The van der Waals surface area contributed by atoms with Gasteiger partial charge >= 0.3 is 0 Å². The third-order valence-electron chi connectivity index (χ3n) is 5.31. The minimum atomic E-state index is -0.112. The van der Waals surface area contributed by atoms with Crippen LogP contribution in [0, 0.1) is 5.82 Å². The van der Waals surface area contributed by atoms with Crippen molar-refractivity contribution in [3.8, 4) is 0 Å². The SMILES string of the molecule is Fc1ccccc1CN1C[C@@H]2OCCN(C[C@@H]3CCCO3)[C@@H]2C1. The summed E-state index contributed by atoms with van der Waals surface area (Å²) in [5.41, 5.74) is 0.775. The lowest BCUT2D eigenvalue weighted by Gasteiger charge is -2.38. The second-order valence-electron chi connectivity index (χ2n) is 6.89. The first-order valence-corrected chi connectivity index (χ1v) is 8.72. The maximum absolute atomic E-state index is 13.9. The van der Waals surface area contributed by atoms with Gasteiger partial charge in [-0.15, -0.1) is 0 Å². The molecular weight excluding hydrogens is 295 g/mol. The summed E-state index contributed by atoms with van der Waals surface area (Å²) in [5, 5.41) is 0. The van der Waals surface area contributed by atoms with Gasteiger partial charge in [0.25, 0.3) is 0 Å². The average Bonchev–Trinajstić information content (AvgIpc) is 3.19. The molecule has 4 rings (SSSR count). The molecule has 5 heteroatoms. The van der Waals surface area contributed by atoms with Gasteiger partial charge in [-0.2, -0.15) is 0 Å². The predicted molar refractivity (Wildman–Crippen MR) is 85.8 cm³/mol. The first-order valence-electron chi connectivity index (χ1n) is 8.72. The van der Waals surface area contributed by atoms with E-state index in [1.165, 1.54) is 12.8 Å². The van der Waals surface area contributed by atoms with Gasteiger partial charge in [0.2, 0.25) is 0 Å². The molecule has 3 atom stereocenters. The summed E-state index contributed by atoms with van der Waals surface area (Å²) in [6, 6.07) is 7.48. The van der Waals surface area contributed by atoms with Crippen LogP contribution in [0.4, 0.5) is 4.39 Å². The van der Waals surface area contributed by atoms with Crippen LogP contribution in [0.25, 0.3) is 0 Å². The van der Waals surface area contributed by atoms with E-state index in [2.05, 4.69) is 9.80 Å². The number of morpholine rings is 1. The lowest BCUT2D eigenvalue weighted by atomic mass is 10.1. The number of fused-ring (bicyclic) bond motifs is 1. The van der Waals surface area contributed by atoms with E-state index >= 15 is 0 Å². The molecule has 4 nitrogen and oxygen atoms in total. The zero-order chi connectivity index (χ0) is 15.6. The maximum Gasteiger partial charge on any atom is 0.127 e. The van der Waals surface area contributed by atoms with E-state index in [1.54, 1.807) is 12.1 Å². The molecule has 126 valence electrons. The second kappa shape index (κ2) is 6.85. The number of rotatable bonds is 4. The molecule has 0 saturated carbocycles. The zero-order valence-electron chi connectivity index (χ0n) is 13.5. The summed E-state index contributed by atoms with van der Waals surface area (Å²) in [6.07, 6.45) is 2.99. The summed E-state index contributed by atoms with van der Waals surface area (Å²) < 4.78 is 25.6. The molecule has 0 radical (unpaired) electrons. The molecule has 1 aromatic carbocycles. The van der Waals surface area contributed by atoms with E-state index in [-0.39, 0.29) is 11.9 Å². The molecule has 3 saturated heterocycles. The van der Waals surface area contributed by atoms with Crippen molar-refractivity contribution in [1.29, 1.82) is 0 Å². The number of benzene rings is 1. The highest BCUT2D eigenvalue weighted by atomic mass is 19.1. The summed E-state index contributed by atoms with van der Waals surface area (Å²) in [5.74, 6) is -0.112. The van der Waals surface area contributed by atoms with E-state index in [0.29, 0.717) is 18.7 Å². The predicted octanol–water partition coefficient (Wildman–Crippen LogP) is 1.89. The summed E-state index contributed by atoms with van der Waals surface area (Å²) in [6.45, 7) is 6.19. The van der Waals surface area contributed by atoms with Gasteiger partial charge in [-0.1, -0.05) is 18.2 Å². The topological polar surface area (TPSA) is 24.9 Å². The Bertz CT molecular complexity index is 536. The van der Waals surface area contributed by atoms with Crippen molar-refractivity contribution in [3.63, 3.8) is 0 Å². The molecule has 23 heavy (non-hydrogen) atoms. The number of halogens is 1. The lowest BCUT2D eigenvalue weighted by Crippen LogP contribution is -2.52. The summed E-state index contributed by atoms with van der Waals surface area (Å²) >= 11 is 0. The van der Waals surface area contributed by atoms with E-state index in [9.17, 15) is 4.39 Å². The van der Waals surface area contributed by atoms with Crippen molar-refractivity contribution in [2.75, 3.05) is 39.4 Å². The Kier molecular flexibility index (Phi) is 4.62. The van der Waals surface area contributed by atoms with Crippen LogP contribution in [0.1, 0.15) is 18.4 Å². The molecule has 3 aliphatic rings. The summed E-state index contributed by atoms with van der Waals surface area (Å²) in [7, 11) is 0. The minimum Gasteiger partial charge on any atom is -0.377 e. The Hall–Kier alpha value is -1.01. The first-order chi connectivity index (χ1) is 11.3. The smallest absolute Gasteiger partial charge is 0.127 e. The fourth-order valence-corrected chi connectivity index (χ4v) is 4.11. The quantitative estimate of drug-likeness (QED) is 0.846. The number of likely N-dealkylation sites (tertiary alicyclic amines) is 1. The molecule has 3 heterocycles. The third kappa shape index (κ3) is 3.43. The fraction of sp³-hybridized carbons (Fsp3) is 0.667. The van der Waals surface area contributed by atoms with E-state index in [0.717, 1.165) is 45.0 Å². The molecular formula is C18H25FN2O2. The molecule has 0 N–H and O–H groups in total. The number of nitrogens with zero attached hydrogens (tertiary/aromatic N) is 2. The minimum absolute atomic E-state index is 0.112. The molecule has 1 aromatic rings. The zero-order valence-corrected chi connectivity index (χ0v) is 13.5. The molecule has 3 aliphatic heterocycles. The van der Waals surface area contributed by atoms with Crippen LogP contribution in [0.2, 0.25) is 0 Å². The van der Waals surface area contributed by atoms with Crippen molar-refractivity contribution in [2.45, 2.75) is 37.6 Å². The van der Waals surface area contributed by atoms with Gasteiger partial charge in [0.1, 0.15) is 5.82 Å².